The molecule has 252 valence electrons. The molecule has 8 bridgehead atoms. The molecule has 0 fully saturated rings. The first kappa shape index (κ1) is 34.3. The monoisotopic (exact) mass is 652 g/mol. The summed E-state index contributed by atoms with van der Waals surface area (Å²) in [6.45, 7) is 1.90. The van der Waals surface area contributed by atoms with Crippen molar-refractivity contribution in [1.82, 2.24) is 21.3 Å². The van der Waals surface area contributed by atoms with Gasteiger partial charge in [-0.05, 0) is 58.6 Å². The second-order valence-electron chi connectivity index (χ2n) is 11.9. The fourth-order valence-corrected chi connectivity index (χ4v) is 5.92. The van der Waals surface area contributed by atoms with Crippen LogP contribution in [0.4, 0.5) is 0 Å². The SMILES string of the molecule is CNCCNC(=O)COc1c2cccc1Cc1cccc(c1O)Cc1cccc(c1OCC(=O)NCCNC)Cc1cccc(c1O)C2. The molecule has 1 aliphatic carbocycles. The van der Waals surface area contributed by atoms with Crippen LogP contribution >= 0.6 is 0 Å². The number of hydrogen-bond acceptors (Lipinski definition) is 8. The molecule has 0 heterocycles. The molecule has 0 saturated heterocycles. The van der Waals surface area contributed by atoms with E-state index in [1.54, 1.807) is 0 Å². The largest absolute Gasteiger partial charge is 0.507 e. The van der Waals surface area contributed by atoms with Crippen LogP contribution in [0.25, 0.3) is 0 Å². The average molecular weight is 653 g/mol. The highest BCUT2D eigenvalue weighted by atomic mass is 16.5. The van der Waals surface area contributed by atoms with Crippen LogP contribution < -0.4 is 30.7 Å². The van der Waals surface area contributed by atoms with E-state index in [2.05, 4.69) is 21.3 Å². The van der Waals surface area contributed by atoms with Gasteiger partial charge < -0.3 is 41.0 Å². The molecule has 0 radical (unpaired) electrons. The van der Waals surface area contributed by atoms with E-state index < -0.39 is 0 Å². The van der Waals surface area contributed by atoms with Gasteiger partial charge in [-0.25, -0.2) is 0 Å². The zero-order chi connectivity index (χ0) is 33.9. The molecular weight excluding hydrogens is 608 g/mol. The summed E-state index contributed by atoms with van der Waals surface area (Å²) in [4.78, 5) is 25.2. The summed E-state index contributed by atoms with van der Waals surface area (Å²) in [6, 6.07) is 22.9. The number of ether oxygens (including phenoxy) is 2. The zero-order valence-electron chi connectivity index (χ0n) is 27.5. The number of amides is 2. The Bertz CT molecular complexity index is 1530. The lowest BCUT2D eigenvalue weighted by atomic mass is 9.91. The van der Waals surface area contributed by atoms with E-state index in [0.717, 1.165) is 22.3 Å². The van der Waals surface area contributed by atoms with Crippen molar-refractivity contribution in [2.75, 3.05) is 53.5 Å². The Morgan fingerprint density at radius 1 is 0.521 bits per heavy atom. The number of rotatable bonds is 12. The highest BCUT2D eigenvalue weighted by molar-refractivity contribution is 5.78. The van der Waals surface area contributed by atoms with Crippen LogP contribution in [-0.4, -0.2) is 75.5 Å². The van der Waals surface area contributed by atoms with Crippen molar-refractivity contribution in [1.29, 1.82) is 0 Å². The van der Waals surface area contributed by atoms with Gasteiger partial charge in [-0.15, -0.1) is 0 Å². The van der Waals surface area contributed by atoms with Crippen molar-refractivity contribution in [3.8, 4) is 23.0 Å². The molecule has 0 atom stereocenters. The number of phenols is 2. The van der Waals surface area contributed by atoms with Crippen molar-refractivity contribution < 1.29 is 29.3 Å². The van der Waals surface area contributed by atoms with Crippen LogP contribution in [0.2, 0.25) is 0 Å². The van der Waals surface area contributed by atoms with Gasteiger partial charge in [-0.1, -0.05) is 72.8 Å². The summed E-state index contributed by atoms with van der Waals surface area (Å²) < 4.78 is 12.4. The number of para-hydroxylation sites is 4. The first-order valence-corrected chi connectivity index (χ1v) is 16.3. The van der Waals surface area contributed by atoms with Gasteiger partial charge >= 0.3 is 0 Å². The number of hydrogen-bond donors (Lipinski definition) is 6. The highest BCUT2D eigenvalue weighted by Gasteiger charge is 2.21. The molecule has 0 aliphatic heterocycles. The fraction of sp³-hybridized carbons (Fsp3) is 0.316. The standard InChI is InChI=1S/C38H44N4O6/c1-39-15-17-41-33(43)23-47-37-29-11-5-12-30(37)20-26-8-4-10-28(36(26)46)22-32-14-6-13-31(21-27-9-3-7-25(19-29)35(27)45)38(32)48-24-34(44)42-18-16-40-2/h3-14,39-40,45-46H,15-24H2,1-2H3,(H,41,43)(H,42,44). The molecule has 4 aromatic carbocycles. The molecule has 10 nitrogen and oxygen atoms in total. The Hall–Kier alpha value is -5.06. The molecule has 4 aromatic rings. The van der Waals surface area contributed by atoms with Crippen molar-refractivity contribution >= 4 is 11.8 Å². The van der Waals surface area contributed by atoms with E-state index in [-0.39, 0.29) is 36.5 Å². The lowest BCUT2D eigenvalue weighted by molar-refractivity contribution is -0.123. The molecule has 10 heteroatoms. The number of nitrogens with one attached hydrogen (secondary N) is 4. The minimum atomic E-state index is -0.238. The third kappa shape index (κ3) is 8.64. The van der Waals surface area contributed by atoms with Gasteiger partial charge in [0.15, 0.2) is 13.2 Å². The Morgan fingerprint density at radius 2 is 0.812 bits per heavy atom. The van der Waals surface area contributed by atoms with Gasteiger partial charge in [0.1, 0.15) is 23.0 Å². The molecule has 6 N–H and O–H groups in total. The minimum absolute atomic E-state index is 0.162. The predicted molar refractivity (Wildman–Crippen MR) is 185 cm³/mol. The number of phenolic OH excluding ortho intramolecular Hbond substituents is 2. The zero-order valence-corrected chi connectivity index (χ0v) is 27.5. The molecule has 0 spiro atoms. The maximum absolute atomic E-state index is 12.6. The van der Waals surface area contributed by atoms with E-state index in [9.17, 15) is 19.8 Å². The van der Waals surface area contributed by atoms with Gasteiger partial charge in [0, 0.05) is 51.9 Å². The molecule has 5 rings (SSSR count). The molecule has 1 aliphatic rings. The molecule has 0 unspecified atom stereocenters. The van der Waals surface area contributed by atoms with Crippen molar-refractivity contribution in [2.24, 2.45) is 0 Å². The van der Waals surface area contributed by atoms with Gasteiger partial charge in [-0.3, -0.25) is 9.59 Å². The summed E-state index contributed by atoms with van der Waals surface area (Å²) in [5, 5.41) is 34.8. The van der Waals surface area contributed by atoms with Crippen LogP contribution in [0.1, 0.15) is 44.5 Å². The second-order valence-corrected chi connectivity index (χ2v) is 11.9. The summed E-state index contributed by atoms with van der Waals surface area (Å²) in [6.07, 6.45) is 1.41. The van der Waals surface area contributed by atoms with E-state index >= 15 is 0 Å². The average Bonchev–Trinajstić information content (AvgIpc) is 3.07. The van der Waals surface area contributed by atoms with E-state index in [1.807, 2.05) is 86.9 Å². The van der Waals surface area contributed by atoms with Crippen LogP contribution in [0.5, 0.6) is 23.0 Å². The number of carbonyl (C=O) groups is 2. The third-order valence-electron chi connectivity index (χ3n) is 8.38. The quantitative estimate of drug-likeness (QED) is 0.113. The molecule has 0 aromatic heterocycles. The highest BCUT2D eigenvalue weighted by Crippen LogP contribution is 2.38. The van der Waals surface area contributed by atoms with Crippen molar-refractivity contribution in [2.45, 2.75) is 25.7 Å². The second kappa shape index (κ2) is 16.7. The van der Waals surface area contributed by atoms with Crippen LogP contribution in [-0.2, 0) is 35.3 Å². The smallest absolute Gasteiger partial charge is 0.257 e. The van der Waals surface area contributed by atoms with E-state index in [0.29, 0.717) is 85.6 Å². The maximum Gasteiger partial charge on any atom is 0.257 e. The lowest BCUT2D eigenvalue weighted by Crippen LogP contribution is -2.34. The van der Waals surface area contributed by atoms with E-state index in [4.69, 9.17) is 9.47 Å². The summed E-state index contributed by atoms with van der Waals surface area (Å²) in [7, 11) is 3.64. The normalized spacial score (nSPS) is 12.2. The van der Waals surface area contributed by atoms with Crippen LogP contribution in [0.3, 0.4) is 0 Å². The Balaban J connectivity index is 1.55. The first-order chi connectivity index (χ1) is 23.4. The summed E-state index contributed by atoms with van der Waals surface area (Å²) >= 11 is 0. The Labute approximate surface area is 281 Å². The Morgan fingerprint density at radius 3 is 1.10 bits per heavy atom. The van der Waals surface area contributed by atoms with Crippen molar-refractivity contribution in [3.05, 3.63) is 117 Å². The number of likely N-dealkylation sites (N-methyl/N-ethyl adjacent to an activating group) is 2. The van der Waals surface area contributed by atoms with Gasteiger partial charge in [-0.2, -0.15) is 0 Å². The summed E-state index contributed by atoms with van der Waals surface area (Å²) in [5.41, 5.74) is 6.03. The number of fused-ring (bicyclic) bond motifs is 8. The molecule has 0 saturated carbocycles. The fourth-order valence-electron chi connectivity index (χ4n) is 5.92. The van der Waals surface area contributed by atoms with Gasteiger partial charge in [0.25, 0.3) is 11.8 Å². The molecule has 2 amide bonds. The van der Waals surface area contributed by atoms with Crippen molar-refractivity contribution in [3.63, 3.8) is 0 Å². The number of carbonyl (C=O) groups excluding carboxylic acids is 2. The van der Waals surface area contributed by atoms with Crippen LogP contribution in [0, 0.1) is 0 Å². The number of aromatic hydroxyl groups is 2. The maximum atomic E-state index is 12.6. The van der Waals surface area contributed by atoms with Crippen LogP contribution in [0.15, 0.2) is 72.8 Å². The summed E-state index contributed by atoms with van der Waals surface area (Å²) in [5.74, 6) is 0.952. The first-order valence-electron chi connectivity index (χ1n) is 16.3. The van der Waals surface area contributed by atoms with Gasteiger partial charge in [0.2, 0.25) is 0 Å². The minimum Gasteiger partial charge on any atom is -0.507 e. The number of benzene rings is 4. The topological polar surface area (TPSA) is 141 Å². The van der Waals surface area contributed by atoms with Gasteiger partial charge in [0.05, 0.1) is 0 Å². The molecular formula is C38H44N4O6. The predicted octanol–water partition coefficient (Wildman–Crippen LogP) is 3.20. The Kier molecular flexibility index (Phi) is 11.9. The van der Waals surface area contributed by atoms with E-state index in [1.165, 1.54) is 0 Å². The third-order valence-corrected chi connectivity index (χ3v) is 8.38. The lowest BCUT2D eigenvalue weighted by Gasteiger charge is -2.20. The molecule has 48 heavy (non-hydrogen) atoms.